The lowest BCUT2D eigenvalue weighted by Gasteiger charge is -2.37. The quantitative estimate of drug-likeness (QED) is 0.601. The molecule has 1 aromatic heterocycles. The Kier molecular flexibility index (Phi) is 9.49. The zero-order chi connectivity index (χ0) is 26.2. The van der Waals surface area contributed by atoms with Crippen LogP contribution in [0.3, 0.4) is 0 Å². The number of likely N-dealkylation sites (N-methyl/N-ethyl adjacent to an activating group) is 1. The van der Waals surface area contributed by atoms with Gasteiger partial charge in [-0.15, -0.1) is 0 Å². The summed E-state index contributed by atoms with van der Waals surface area (Å²) < 4.78 is 6.29. The van der Waals surface area contributed by atoms with Crippen LogP contribution in [0.25, 0.3) is 0 Å². The van der Waals surface area contributed by atoms with Gasteiger partial charge in [0.25, 0.3) is 5.91 Å². The molecule has 1 N–H and O–H groups in total. The summed E-state index contributed by atoms with van der Waals surface area (Å²) in [6, 6.07) is 11.0. The maximum atomic E-state index is 13.5. The summed E-state index contributed by atoms with van der Waals surface area (Å²) in [7, 11) is 1.77. The molecule has 3 atom stereocenters. The second kappa shape index (κ2) is 12.5. The lowest BCUT2D eigenvalue weighted by molar-refractivity contribution is -0.130. The number of benzene rings is 1. The number of aliphatic hydroxyl groups is 1. The van der Waals surface area contributed by atoms with Crippen LogP contribution in [0, 0.1) is 23.7 Å². The molecule has 1 aromatic carbocycles. The molecule has 0 bridgehead atoms. The minimum absolute atomic E-state index is 0.0142. The van der Waals surface area contributed by atoms with Gasteiger partial charge in [-0.25, -0.2) is 4.98 Å². The Bertz CT molecular complexity index is 1110. The van der Waals surface area contributed by atoms with Crippen molar-refractivity contribution in [3.63, 3.8) is 0 Å². The van der Waals surface area contributed by atoms with Crippen molar-refractivity contribution in [1.29, 1.82) is 0 Å². The van der Waals surface area contributed by atoms with E-state index in [2.05, 4.69) is 30.7 Å². The first-order valence-electron chi connectivity index (χ1n) is 12.5. The van der Waals surface area contributed by atoms with Gasteiger partial charge in [0.1, 0.15) is 11.7 Å². The minimum atomic E-state index is -0.389. The fraction of sp³-hybridized carbons (Fsp3) is 0.483. The average Bonchev–Trinajstić information content (AvgIpc) is 2.86. The second-order valence-corrected chi connectivity index (χ2v) is 10.0. The van der Waals surface area contributed by atoms with E-state index in [1.165, 1.54) is 0 Å². The van der Waals surface area contributed by atoms with Crippen molar-refractivity contribution in [2.24, 2.45) is 11.8 Å². The summed E-state index contributed by atoms with van der Waals surface area (Å²) in [5, 5.41) is 9.83. The molecule has 2 aromatic rings. The number of pyridine rings is 1. The van der Waals surface area contributed by atoms with Gasteiger partial charge in [-0.3, -0.25) is 9.59 Å². The fourth-order valence-electron chi connectivity index (χ4n) is 4.02. The summed E-state index contributed by atoms with van der Waals surface area (Å²) in [6.07, 6.45) is 2.28. The van der Waals surface area contributed by atoms with E-state index in [4.69, 9.17) is 4.74 Å². The monoisotopic (exact) mass is 491 g/mol. The van der Waals surface area contributed by atoms with E-state index < -0.39 is 0 Å². The molecule has 0 fully saturated rings. The van der Waals surface area contributed by atoms with Gasteiger partial charge in [-0.05, 0) is 24.5 Å². The van der Waals surface area contributed by atoms with E-state index in [1.807, 2.05) is 44.2 Å². The molecule has 0 radical (unpaired) electrons. The molecule has 36 heavy (non-hydrogen) atoms. The van der Waals surface area contributed by atoms with E-state index in [0.29, 0.717) is 36.6 Å². The summed E-state index contributed by atoms with van der Waals surface area (Å²) in [5.74, 6) is 6.54. The number of ether oxygens (including phenoxy) is 1. The Hall–Kier alpha value is -3.37. The number of nitrogens with zero attached hydrogens (tertiary/aromatic N) is 3. The van der Waals surface area contributed by atoms with Crippen LogP contribution in [0.15, 0.2) is 42.6 Å². The first-order chi connectivity index (χ1) is 17.2. The molecule has 1 aliphatic heterocycles. The maximum Gasteiger partial charge on any atom is 0.259 e. The van der Waals surface area contributed by atoms with Crippen LogP contribution < -0.4 is 4.74 Å². The standard InChI is InChI=1S/C29H37N3O4/c1-20(2)10-9-13-24-14-25-28(30-16-24)36-26(21(3)17-32(29(25)35)22(4)19-33)18-31(5)27(34)15-23-11-7-6-8-12-23/h6-8,11-12,14,16,20-22,26,33H,10,15,17-19H2,1-5H3/t21-,22+,26-/m1/s1. The molecule has 7 heteroatoms. The molecular formula is C29H37N3O4. The largest absolute Gasteiger partial charge is 0.472 e. The number of rotatable bonds is 7. The Morgan fingerprint density at radius 3 is 2.67 bits per heavy atom. The highest BCUT2D eigenvalue weighted by molar-refractivity contribution is 5.97. The summed E-state index contributed by atoms with van der Waals surface area (Å²) in [4.78, 5) is 34.2. The predicted octanol–water partition coefficient (Wildman–Crippen LogP) is 3.40. The van der Waals surface area contributed by atoms with E-state index in [0.717, 1.165) is 12.0 Å². The number of aliphatic hydroxyl groups excluding tert-OH is 1. The van der Waals surface area contributed by atoms with Crippen molar-refractivity contribution < 1.29 is 19.4 Å². The molecule has 1 aliphatic rings. The topological polar surface area (TPSA) is 83.0 Å². The average molecular weight is 492 g/mol. The number of fused-ring (bicyclic) bond motifs is 1. The van der Waals surface area contributed by atoms with Crippen LogP contribution in [-0.4, -0.2) is 70.6 Å². The number of aromatic nitrogens is 1. The first kappa shape index (κ1) is 27.2. The smallest absolute Gasteiger partial charge is 0.259 e. The third-order valence-corrected chi connectivity index (χ3v) is 6.34. The zero-order valence-electron chi connectivity index (χ0n) is 21.9. The van der Waals surface area contributed by atoms with E-state index in [9.17, 15) is 14.7 Å². The van der Waals surface area contributed by atoms with Crippen molar-refractivity contribution in [2.75, 3.05) is 26.7 Å². The van der Waals surface area contributed by atoms with Gasteiger partial charge < -0.3 is 19.6 Å². The van der Waals surface area contributed by atoms with Gasteiger partial charge in [0.2, 0.25) is 11.8 Å². The van der Waals surface area contributed by atoms with Gasteiger partial charge in [0.05, 0.1) is 25.6 Å². The van der Waals surface area contributed by atoms with E-state index in [-0.39, 0.29) is 42.4 Å². The molecular weight excluding hydrogens is 454 g/mol. The summed E-state index contributed by atoms with van der Waals surface area (Å²) >= 11 is 0. The van der Waals surface area contributed by atoms with Crippen LogP contribution in [0.2, 0.25) is 0 Å². The lowest BCUT2D eigenvalue weighted by Crippen LogP contribution is -2.50. The van der Waals surface area contributed by atoms with E-state index in [1.54, 1.807) is 29.1 Å². The van der Waals surface area contributed by atoms with Crippen LogP contribution in [0.1, 0.15) is 55.6 Å². The van der Waals surface area contributed by atoms with Crippen molar-refractivity contribution in [3.05, 3.63) is 59.3 Å². The highest BCUT2D eigenvalue weighted by Crippen LogP contribution is 2.27. The number of hydrogen-bond donors (Lipinski definition) is 1. The van der Waals surface area contributed by atoms with Gasteiger partial charge in [0, 0.05) is 37.7 Å². The van der Waals surface area contributed by atoms with Crippen LogP contribution in [0.5, 0.6) is 5.88 Å². The number of carbonyl (C=O) groups is 2. The SMILES string of the molecule is CC(C)CC#Cc1cnc2c(c1)C(=O)N([C@@H](C)CO)C[C@@H](C)[C@@H](CN(C)C(=O)Cc1ccccc1)O2. The Morgan fingerprint density at radius 2 is 2.00 bits per heavy atom. The first-order valence-corrected chi connectivity index (χ1v) is 12.5. The molecule has 0 saturated carbocycles. The summed E-state index contributed by atoms with van der Waals surface area (Å²) in [5.41, 5.74) is 1.91. The van der Waals surface area contributed by atoms with E-state index >= 15 is 0 Å². The molecule has 7 nitrogen and oxygen atoms in total. The van der Waals surface area contributed by atoms with Gasteiger partial charge in [0.15, 0.2) is 0 Å². The molecule has 2 heterocycles. The maximum absolute atomic E-state index is 13.5. The minimum Gasteiger partial charge on any atom is -0.472 e. The van der Waals surface area contributed by atoms with Crippen molar-refractivity contribution in [2.45, 2.75) is 52.7 Å². The molecule has 0 aliphatic carbocycles. The Morgan fingerprint density at radius 1 is 1.28 bits per heavy atom. The van der Waals surface area contributed by atoms with Gasteiger partial charge in [-0.1, -0.05) is 62.9 Å². The van der Waals surface area contributed by atoms with Crippen molar-refractivity contribution in [1.82, 2.24) is 14.8 Å². The lowest BCUT2D eigenvalue weighted by atomic mass is 9.99. The van der Waals surface area contributed by atoms with Crippen LogP contribution >= 0.6 is 0 Å². The van der Waals surface area contributed by atoms with Crippen LogP contribution in [0.4, 0.5) is 0 Å². The number of amides is 2. The molecule has 2 amide bonds. The van der Waals surface area contributed by atoms with Crippen molar-refractivity contribution >= 4 is 11.8 Å². The molecule has 3 rings (SSSR count). The van der Waals surface area contributed by atoms with Gasteiger partial charge >= 0.3 is 0 Å². The van der Waals surface area contributed by atoms with Crippen LogP contribution in [-0.2, 0) is 11.2 Å². The zero-order valence-corrected chi connectivity index (χ0v) is 21.9. The third kappa shape index (κ3) is 7.08. The summed E-state index contributed by atoms with van der Waals surface area (Å²) in [6.45, 7) is 8.58. The highest BCUT2D eigenvalue weighted by atomic mass is 16.5. The second-order valence-electron chi connectivity index (χ2n) is 10.0. The molecule has 192 valence electrons. The predicted molar refractivity (Wildman–Crippen MR) is 140 cm³/mol. The molecule has 0 unspecified atom stereocenters. The molecule has 0 spiro atoms. The Labute approximate surface area is 214 Å². The Balaban J connectivity index is 1.87. The fourth-order valence-corrected chi connectivity index (χ4v) is 4.02. The normalized spacial score (nSPS) is 18.3. The van der Waals surface area contributed by atoms with Crippen molar-refractivity contribution in [3.8, 4) is 17.7 Å². The highest BCUT2D eigenvalue weighted by Gasteiger charge is 2.34. The number of hydrogen-bond acceptors (Lipinski definition) is 5. The van der Waals surface area contributed by atoms with Gasteiger partial charge in [-0.2, -0.15) is 0 Å². The third-order valence-electron chi connectivity index (χ3n) is 6.34. The number of carbonyl (C=O) groups excluding carboxylic acids is 2. The molecule has 0 saturated heterocycles.